The molecule has 5 rings (SSSR count). The molecule has 0 spiro atoms. The van der Waals surface area contributed by atoms with Gasteiger partial charge in [-0.1, -0.05) is 59.8 Å². The molecule has 1 aromatic heterocycles. The maximum Gasteiger partial charge on any atom is 0.288 e. The Bertz CT molecular complexity index is 1480. The maximum atomic E-state index is 14.4. The number of rotatable bonds is 13. The summed E-state index contributed by atoms with van der Waals surface area (Å²) in [4.78, 5) is 37.9. The van der Waals surface area contributed by atoms with Crippen molar-refractivity contribution >= 4 is 55.1 Å². The van der Waals surface area contributed by atoms with Crippen molar-refractivity contribution in [1.29, 1.82) is 0 Å². The molecule has 1 aliphatic carbocycles. The summed E-state index contributed by atoms with van der Waals surface area (Å²) in [5.74, 6) is -0.294. The Morgan fingerprint density at radius 2 is 1.94 bits per heavy atom. The lowest BCUT2D eigenvalue weighted by Crippen LogP contribution is -2.64. The molecule has 2 aromatic rings. The van der Waals surface area contributed by atoms with Crippen molar-refractivity contribution in [2.24, 2.45) is 4.99 Å². The molecule has 0 bridgehead atoms. The fraction of sp³-hybridized carbons (Fsp3) is 0.606. The monoisotopic (exact) mass is 750 g/mol. The molecule has 1 saturated heterocycles. The van der Waals surface area contributed by atoms with Gasteiger partial charge in [0, 0.05) is 35.0 Å². The van der Waals surface area contributed by atoms with Crippen LogP contribution < -0.4 is 15.4 Å². The summed E-state index contributed by atoms with van der Waals surface area (Å²) in [6, 6.07) is 11.4. The lowest BCUT2D eigenvalue weighted by molar-refractivity contribution is -0.145. The van der Waals surface area contributed by atoms with E-state index in [9.17, 15) is 18.0 Å². The minimum absolute atomic E-state index is 0.0859. The first kappa shape index (κ1) is 35.8. The quantitative estimate of drug-likeness (QED) is 0.262. The van der Waals surface area contributed by atoms with Crippen molar-refractivity contribution in [2.45, 2.75) is 95.1 Å². The minimum Gasteiger partial charge on any atom is -0.455 e. The first-order chi connectivity index (χ1) is 22.6. The number of carbonyl (C=O) groups is 2. The highest BCUT2D eigenvalue weighted by Gasteiger charge is 2.41. The van der Waals surface area contributed by atoms with Crippen LogP contribution in [0.15, 0.2) is 51.2 Å². The molecule has 3 N–H and O–H groups in total. The molecule has 47 heavy (non-hydrogen) atoms. The zero-order chi connectivity index (χ0) is 33.4. The van der Waals surface area contributed by atoms with E-state index < -0.39 is 22.1 Å². The van der Waals surface area contributed by atoms with Crippen LogP contribution in [-0.4, -0.2) is 92.7 Å². The van der Waals surface area contributed by atoms with Gasteiger partial charge in [0.2, 0.25) is 21.8 Å². The number of benzene rings is 1. The third-order valence-corrected chi connectivity index (χ3v) is 11.1. The van der Waals surface area contributed by atoms with Gasteiger partial charge >= 0.3 is 0 Å². The number of sulfonamides is 1. The molecule has 3 aliphatic rings. The first-order valence-corrected chi connectivity index (χ1v) is 20.2. The van der Waals surface area contributed by atoms with Gasteiger partial charge in [-0.15, -0.1) is 11.3 Å². The SMILES string of the molecule is C[C@@H]1N=C(N2CCN(C(=O)[C@@H](CCCCNS(C)(=O)=O)NC3CCCCC3)[C@H](C(=O)NCc3cccs3)C2)O[C@H]1c1cccc(Br)c1. The Kier molecular flexibility index (Phi) is 12.7. The summed E-state index contributed by atoms with van der Waals surface area (Å²) in [6.07, 6.45) is 8.27. The van der Waals surface area contributed by atoms with Crippen molar-refractivity contribution in [3.63, 3.8) is 0 Å². The van der Waals surface area contributed by atoms with Crippen LogP contribution in [0, 0.1) is 0 Å². The highest BCUT2D eigenvalue weighted by Crippen LogP contribution is 2.32. The van der Waals surface area contributed by atoms with E-state index in [0.717, 1.165) is 46.9 Å². The summed E-state index contributed by atoms with van der Waals surface area (Å²) in [6.45, 7) is 3.87. The average Bonchev–Trinajstić information content (AvgIpc) is 3.72. The van der Waals surface area contributed by atoms with Crippen LogP contribution in [0.3, 0.4) is 0 Å². The Balaban J connectivity index is 1.31. The second kappa shape index (κ2) is 16.7. The molecule has 258 valence electrons. The number of carbonyl (C=O) groups excluding carboxylic acids is 2. The Morgan fingerprint density at radius 3 is 2.66 bits per heavy atom. The second-order valence-corrected chi connectivity index (χ2v) is 16.5. The smallest absolute Gasteiger partial charge is 0.288 e. The van der Waals surface area contributed by atoms with Crippen LogP contribution in [0.5, 0.6) is 0 Å². The number of unbranched alkanes of at least 4 members (excludes halogenated alkanes) is 1. The number of aliphatic imine (C=N–C) groups is 1. The van der Waals surface area contributed by atoms with E-state index in [1.807, 2.05) is 53.6 Å². The van der Waals surface area contributed by atoms with E-state index in [2.05, 4.69) is 31.3 Å². The van der Waals surface area contributed by atoms with Gasteiger partial charge in [0.15, 0.2) is 0 Å². The predicted octanol–water partition coefficient (Wildman–Crippen LogP) is 4.17. The molecule has 0 radical (unpaired) electrons. The normalized spacial score (nSPS) is 22.9. The lowest BCUT2D eigenvalue weighted by Gasteiger charge is -2.42. The van der Waals surface area contributed by atoms with Crippen LogP contribution in [-0.2, 0) is 30.9 Å². The van der Waals surface area contributed by atoms with Crippen molar-refractivity contribution in [1.82, 2.24) is 25.2 Å². The zero-order valence-electron chi connectivity index (χ0n) is 27.2. The Morgan fingerprint density at radius 1 is 1.13 bits per heavy atom. The number of hydrogen-bond donors (Lipinski definition) is 3. The summed E-state index contributed by atoms with van der Waals surface area (Å²) >= 11 is 5.13. The lowest BCUT2D eigenvalue weighted by atomic mass is 9.94. The van der Waals surface area contributed by atoms with Crippen LogP contribution >= 0.6 is 27.3 Å². The molecule has 1 saturated carbocycles. The number of piperazine rings is 1. The van der Waals surface area contributed by atoms with Gasteiger partial charge in [0.1, 0.15) is 12.1 Å². The summed E-state index contributed by atoms with van der Waals surface area (Å²) in [5.41, 5.74) is 1.02. The molecule has 0 unspecified atom stereocenters. The zero-order valence-corrected chi connectivity index (χ0v) is 30.4. The van der Waals surface area contributed by atoms with Gasteiger partial charge in [0.05, 0.1) is 31.4 Å². The summed E-state index contributed by atoms with van der Waals surface area (Å²) < 4.78 is 33.0. The average molecular weight is 752 g/mol. The number of hydrogen-bond acceptors (Lipinski definition) is 9. The van der Waals surface area contributed by atoms with Gasteiger partial charge in [0.25, 0.3) is 6.02 Å². The molecule has 14 heteroatoms. The van der Waals surface area contributed by atoms with Crippen molar-refractivity contribution in [3.8, 4) is 0 Å². The van der Waals surface area contributed by atoms with Gasteiger partial charge in [-0.2, -0.15) is 0 Å². The number of ether oxygens (including phenoxy) is 1. The molecule has 4 atom stereocenters. The van der Waals surface area contributed by atoms with Crippen molar-refractivity contribution in [2.75, 3.05) is 32.4 Å². The number of halogens is 1. The summed E-state index contributed by atoms with van der Waals surface area (Å²) in [7, 11) is -3.27. The van der Waals surface area contributed by atoms with E-state index in [-0.39, 0.29) is 36.5 Å². The van der Waals surface area contributed by atoms with Gasteiger partial charge in [-0.25, -0.2) is 18.1 Å². The number of amides is 2. The third-order valence-electron chi connectivity index (χ3n) is 9.04. The van der Waals surface area contributed by atoms with Crippen LogP contribution in [0.4, 0.5) is 0 Å². The van der Waals surface area contributed by atoms with E-state index in [1.165, 1.54) is 6.42 Å². The molecular weight excluding hydrogens is 704 g/mol. The van der Waals surface area contributed by atoms with Crippen LogP contribution in [0.25, 0.3) is 0 Å². The van der Waals surface area contributed by atoms with Crippen molar-refractivity contribution in [3.05, 3.63) is 56.7 Å². The van der Waals surface area contributed by atoms with Gasteiger partial charge in [-0.3, -0.25) is 9.59 Å². The highest BCUT2D eigenvalue weighted by molar-refractivity contribution is 9.10. The number of nitrogens with one attached hydrogen (secondary N) is 3. The second-order valence-electron chi connectivity index (χ2n) is 12.8. The topological polar surface area (TPSA) is 132 Å². The van der Waals surface area contributed by atoms with E-state index in [1.54, 1.807) is 16.2 Å². The van der Waals surface area contributed by atoms with Crippen LogP contribution in [0.2, 0.25) is 0 Å². The Labute approximate surface area is 291 Å². The molecule has 11 nitrogen and oxygen atoms in total. The van der Waals surface area contributed by atoms with Gasteiger partial charge < -0.3 is 25.2 Å². The Hall–Kier alpha value is -2.52. The minimum atomic E-state index is -3.27. The highest BCUT2D eigenvalue weighted by atomic mass is 79.9. The number of nitrogens with zero attached hydrogens (tertiary/aromatic N) is 3. The van der Waals surface area contributed by atoms with Crippen molar-refractivity contribution < 1.29 is 22.7 Å². The molecular formula is C33H47BrN6O5S2. The molecule has 2 amide bonds. The van der Waals surface area contributed by atoms with E-state index >= 15 is 0 Å². The molecule has 2 fully saturated rings. The largest absolute Gasteiger partial charge is 0.455 e. The van der Waals surface area contributed by atoms with E-state index in [4.69, 9.17) is 9.73 Å². The fourth-order valence-corrected chi connectivity index (χ4v) is 8.16. The standard InChI is InChI=1S/C33H47BrN6O5S2/c1-23-30(24-10-8-11-25(34)20-24)45-33(37-23)39-17-18-40(29(22-39)31(41)35-21-27-14-9-19-46-27)32(42)28(38-26-12-4-3-5-13-26)15-6-7-16-36-47(2,43)44/h8-11,14,19-20,23,26,28-30,36,38H,3-7,12-13,15-18,21-22H2,1-2H3,(H,35,41)/t23-,28+,29-,30+/m0/s1. The number of thiophene rings is 1. The summed E-state index contributed by atoms with van der Waals surface area (Å²) in [5, 5.41) is 8.70. The molecule has 2 aliphatic heterocycles. The first-order valence-electron chi connectivity index (χ1n) is 16.6. The number of amidine groups is 1. The molecule has 1 aromatic carbocycles. The molecule has 3 heterocycles. The van der Waals surface area contributed by atoms with E-state index in [0.29, 0.717) is 51.5 Å². The van der Waals surface area contributed by atoms with Crippen LogP contribution in [0.1, 0.15) is 74.8 Å². The fourth-order valence-electron chi connectivity index (χ4n) is 6.58. The maximum absolute atomic E-state index is 14.4. The van der Waals surface area contributed by atoms with Gasteiger partial charge in [-0.05, 0) is 61.7 Å². The third kappa shape index (κ3) is 10.2. The predicted molar refractivity (Wildman–Crippen MR) is 189 cm³/mol.